The van der Waals surface area contributed by atoms with Crippen molar-refractivity contribution in [1.82, 2.24) is 9.78 Å². The van der Waals surface area contributed by atoms with Crippen molar-refractivity contribution in [2.24, 2.45) is 0 Å². The van der Waals surface area contributed by atoms with Crippen LogP contribution in [0.5, 0.6) is 0 Å². The maximum absolute atomic E-state index is 12.3. The minimum Gasteiger partial charge on any atom is -0.210 e. The van der Waals surface area contributed by atoms with Gasteiger partial charge >= 0.3 is 6.55 Å². The average molecular weight is 281 g/mol. The second-order valence-electron chi connectivity index (χ2n) is 2.68. The Morgan fingerprint density at radius 2 is 2.14 bits per heavy atom. The van der Waals surface area contributed by atoms with E-state index in [-0.39, 0.29) is 0 Å². The molecule has 0 aliphatic rings. The van der Waals surface area contributed by atoms with E-state index in [1.54, 1.807) is 12.1 Å². The molecule has 0 fully saturated rings. The van der Waals surface area contributed by atoms with Crippen LogP contribution in [-0.2, 0) is 0 Å². The molecule has 1 aromatic heterocycles. The zero-order valence-electron chi connectivity index (χ0n) is 6.72. The lowest BCUT2D eigenvalue weighted by Crippen LogP contribution is -1.96. The largest absolute Gasteiger partial charge is 0.333 e. The maximum atomic E-state index is 12.3. The fraction of sp³-hybridized carbons (Fsp3) is 0.125. The number of hydrogen-bond acceptors (Lipinski definition) is 1. The Morgan fingerprint density at radius 3 is 2.79 bits per heavy atom. The first-order chi connectivity index (χ1) is 6.59. The number of hydrogen-bond donors (Lipinski definition) is 0. The summed E-state index contributed by atoms with van der Waals surface area (Å²) >= 11 is 9.11. The topological polar surface area (TPSA) is 17.8 Å². The quantitative estimate of drug-likeness (QED) is 0.776. The standard InChI is InChI=1S/C8H4BrClF2N2/c9-5-1-2-6-4(7(5)10)3-14(13-6)8(11)12/h1-3,8H. The third kappa shape index (κ3) is 1.50. The molecule has 0 radical (unpaired) electrons. The number of nitrogens with zero attached hydrogens (tertiary/aromatic N) is 2. The van der Waals surface area contributed by atoms with Gasteiger partial charge in [-0.15, -0.1) is 0 Å². The highest BCUT2D eigenvalue weighted by atomic mass is 79.9. The van der Waals surface area contributed by atoms with Crippen molar-refractivity contribution in [2.75, 3.05) is 0 Å². The summed E-state index contributed by atoms with van der Waals surface area (Å²) in [6, 6.07) is 3.30. The fourth-order valence-corrected chi connectivity index (χ4v) is 1.71. The summed E-state index contributed by atoms with van der Waals surface area (Å²) in [6.45, 7) is -2.64. The zero-order valence-corrected chi connectivity index (χ0v) is 9.06. The van der Waals surface area contributed by atoms with E-state index >= 15 is 0 Å². The van der Waals surface area contributed by atoms with Crippen LogP contribution in [0.2, 0.25) is 5.02 Å². The molecule has 1 heterocycles. The van der Waals surface area contributed by atoms with Crippen LogP contribution in [0.15, 0.2) is 22.8 Å². The summed E-state index contributed by atoms with van der Waals surface area (Å²) in [6.07, 6.45) is 1.23. The first-order valence-electron chi connectivity index (χ1n) is 3.70. The van der Waals surface area contributed by atoms with Gasteiger partial charge in [0, 0.05) is 16.1 Å². The van der Waals surface area contributed by atoms with Crippen LogP contribution in [0, 0.1) is 0 Å². The Bertz CT molecular complexity index is 483. The molecule has 0 saturated heterocycles. The van der Waals surface area contributed by atoms with Gasteiger partial charge in [0.1, 0.15) is 0 Å². The van der Waals surface area contributed by atoms with Crippen LogP contribution < -0.4 is 0 Å². The monoisotopic (exact) mass is 280 g/mol. The number of halogens is 4. The highest BCUT2D eigenvalue weighted by molar-refractivity contribution is 9.10. The number of aromatic nitrogens is 2. The van der Waals surface area contributed by atoms with Gasteiger partial charge < -0.3 is 0 Å². The van der Waals surface area contributed by atoms with Crippen molar-refractivity contribution in [3.05, 3.63) is 27.8 Å². The zero-order chi connectivity index (χ0) is 10.3. The molecule has 0 unspecified atom stereocenters. The van der Waals surface area contributed by atoms with Crippen LogP contribution in [0.4, 0.5) is 8.78 Å². The Hall–Kier alpha value is -0.680. The van der Waals surface area contributed by atoms with E-state index in [1.165, 1.54) is 6.20 Å². The molecule has 14 heavy (non-hydrogen) atoms. The van der Waals surface area contributed by atoms with Crippen molar-refractivity contribution in [1.29, 1.82) is 0 Å². The van der Waals surface area contributed by atoms with Gasteiger partial charge in [-0.2, -0.15) is 13.9 Å². The van der Waals surface area contributed by atoms with E-state index in [4.69, 9.17) is 11.6 Å². The summed E-state index contributed by atoms with van der Waals surface area (Å²) in [5.41, 5.74) is 0.457. The molecular formula is C8H4BrClF2N2. The molecule has 0 bridgehead atoms. The molecule has 6 heteroatoms. The minimum atomic E-state index is -2.64. The predicted octanol–water partition coefficient (Wildman–Crippen LogP) is 3.85. The number of rotatable bonds is 1. The predicted molar refractivity (Wildman–Crippen MR) is 53.7 cm³/mol. The molecular weight excluding hydrogens is 277 g/mol. The third-order valence-electron chi connectivity index (χ3n) is 1.79. The van der Waals surface area contributed by atoms with Crippen molar-refractivity contribution >= 4 is 38.4 Å². The lowest BCUT2D eigenvalue weighted by Gasteiger charge is -1.94. The van der Waals surface area contributed by atoms with E-state index in [9.17, 15) is 8.78 Å². The fourth-order valence-electron chi connectivity index (χ4n) is 1.15. The van der Waals surface area contributed by atoms with E-state index in [0.29, 0.717) is 25.1 Å². The molecule has 0 N–H and O–H groups in total. The van der Waals surface area contributed by atoms with Gasteiger partial charge in [0.25, 0.3) is 0 Å². The lowest BCUT2D eigenvalue weighted by atomic mass is 10.3. The highest BCUT2D eigenvalue weighted by Crippen LogP contribution is 2.31. The second kappa shape index (κ2) is 3.47. The molecule has 0 aliphatic heterocycles. The van der Waals surface area contributed by atoms with Gasteiger partial charge in [-0.05, 0) is 28.1 Å². The molecule has 0 spiro atoms. The Labute approximate surface area is 91.6 Å². The molecule has 1 aromatic carbocycles. The summed E-state index contributed by atoms with van der Waals surface area (Å²) in [5, 5.41) is 4.59. The van der Waals surface area contributed by atoms with Gasteiger partial charge in [0.15, 0.2) is 0 Å². The van der Waals surface area contributed by atoms with Crippen LogP contribution in [0.3, 0.4) is 0 Å². The number of benzene rings is 1. The Kier molecular flexibility index (Phi) is 2.45. The molecule has 2 aromatic rings. The van der Waals surface area contributed by atoms with Crippen LogP contribution in [-0.4, -0.2) is 9.78 Å². The van der Waals surface area contributed by atoms with E-state index in [0.717, 1.165) is 0 Å². The molecule has 2 rings (SSSR count). The van der Waals surface area contributed by atoms with Crippen molar-refractivity contribution < 1.29 is 8.78 Å². The average Bonchev–Trinajstić information content (AvgIpc) is 2.56. The number of alkyl halides is 2. The molecule has 0 saturated carbocycles. The van der Waals surface area contributed by atoms with Crippen molar-refractivity contribution in [3.63, 3.8) is 0 Å². The first kappa shape index (κ1) is 9.86. The van der Waals surface area contributed by atoms with Gasteiger partial charge in [-0.25, -0.2) is 4.68 Å². The molecule has 0 atom stereocenters. The van der Waals surface area contributed by atoms with Gasteiger partial charge in [-0.1, -0.05) is 11.6 Å². The summed E-state index contributed by atoms with van der Waals surface area (Å²) < 4.78 is 25.8. The third-order valence-corrected chi connectivity index (χ3v) is 3.09. The minimum absolute atomic E-state index is 0.398. The molecule has 74 valence electrons. The highest BCUT2D eigenvalue weighted by Gasteiger charge is 2.11. The van der Waals surface area contributed by atoms with Gasteiger partial charge in [-0.3, -0.25) is 0 Å². The Balaban J connectivity index is 2.71. The SMILES string of the molecule is FC(F)n1cc2c(Cl)c(Br)ccc2n1. The van der Waals surface area contributed by atoms with E-state index < -0.39 is 6.55 Å². The first-order valence-corrected chi connectivity index (χ1v) is 4.87. The smallest absolute Gasteiger partial charge is 0.210 e. The van der Waals surface area contributed by atoms with E-state index in [2.05, 4.69) is 21.0 Å². The van der Waals surface area contributed by atoms with E-state index in [1.807, 2.05) is 0 Å². The lowest BCUT2D eigenvalue weighted by molar-refractivity contribution is 0.0574. The molecule has 2 nitrogen and oxygen atoms in total. The molecule has 0 aliphatic carbocycles. The Morgan fingerprint density at radius 1 is 1.43 bits per heavy atom. The van der Waals surface area contributed by atoms with Crippen LogP contribution in [0.25, 0.3) is 10.9 Å². The van der Waals surface area contributed by atoms with Crippen LogP contribution in [0.1, 0.15) is 6.55 Å². The summed E-state index contributed by atoms with van der Waals surface area (Å²) in [4.78, 5) is 0. The second-order valence-corrected chi connectivity index (χ2v) is 3.91. The van der Waals surface area contributed by atoms with Crippen molar-refractivity contribution in [2.45, 2.75) is 6.55 Å². The molecule has 0 amide bonds. The normalized spacial score (nSPS) is 11.5. The summed E-state index contributed by atoms with van der Waals surface area (Å²) in [5.74, 6) is 0. The summed E-state index contributed by atoms with van der Waals surface area (Å²) in [7, 11) is 0. The van der Waals surface area contributed by atoms with Crippen LogP contribution >= 0.6 is 27.5 Å². The van der Waals surface area contributed by atoms with Crippen molar-refractivity contribution in [3.8, 4) is 0 Å². The van der Waals surface area contributed by atoms with Gasteiger partial charge in [0.05, 0.1) is 10.5 Å². The number of fused-ring (bicyclic) bond motifs is 1. The maximum Gasteiger partial charge on any atom is 0.333 e. The van der Waals surface area contributed by atoms with Gasteiger partial charge in [0.2, 0.25) is 0 Å².